The third-order valence-corrected chi connectivity index (χ3v) is 5.96. The molecule has 2 aliphatic rings. The molecule has 0 radical (unpaired) electrons. The fourth-order valence-electron chi connectivity index (χ4n) is 4.76. The number of carbonyl (C=O) groups excluding carboxylic acids is 1. The number of hydrogen-bond acceptors (Lipinski definition) is 2. The Morgan fingerprint density at radius 1 is 1.08 bits per heavy atom. The molecule has 1 aromatic carbocycles. The third-order valence-electron chi connectivity index (χ3n) is 5.96. The average molecular weight is 325 g/mol. The van der Waals surface area contributed by atoms with E-state index in [4.69, 9.17) is 0 Å². The summed E-state index contributed by atoms with van der Waals surface area (Å²) in [6.07, 6.45) is 7.46. The van der Waals surface area contributed by atoms with Crippen molar-refractivity contribution in [1.29, 1.82) is 0 Å². The Labute approximate surface area is 144 Å². The number of benzene rings is 1. The van der Waals surface area contributed by atoms with E-state index in [-0.39, 0.29) is 0 Å². The van der Waals surface area contributed by atoms with Crippen LogP contribution in [0.1, 0.15) is 31.2 Å². The number of likely N-dealkylation sites (tertiary alicyclic amines) is 2. The van der Waals surface area contributed by atoms with E-state index in [9.17, 15) is 4.79 Å². The summed E-state index contributed by atoms with van der Waals surface area (Å²) >= 11 is 0. The smallest absolute Gasteiger partial charge is 0.227 e. The number of amides is 1. The topological polar surface area (TPSA) is 28.5 Å². The normalized spacial score (nSPS) is 25.0. The third kappa shape index (κ3) is 2.63. The highest BCUT2D eigenvalue weighted by Gasteiger charge is 2.38. The number of likely N-dealkylation sites (N-methyl/N-ethyl adjacent to an activating group) is 1. The Morgan fingerprint density at radius 2 is 1.83 bits per heavy atom. The van der Waals surface area contributed by atoms with E-state index in [1.165, 1.54) is 30.3 Å². The Kier molecular flexibility index (Phi) is 4.09. The monoisotopic (exact) mass is 325 g/mol. The minimum atomic E-state index is 0.300. The molecule has 0 spiro atoms. The van der Waals surface area contributed by atoms with Gasteiger partial charge < -0.3 is 14.4 Å². The zero-order valence-electron chi connectivity index (χ0n) is 14.7. The molecule has 1 amide bonds. The van der Waals surface area contributed by atoms with E-state index >= 15 is 0 Å². The molecule has 3 heterocycles. The summed E-state index contributed by atoms with van der Waals surface area (Å²) in [6, 6.07) is 9.34. The van der Waals surface area contributed by atoms with Gasteiger partial charge in [0, 0.05) is 42.8 Å². The molecule has 2 aliphatic heterocycles. The van der Waals surface area contributed by atoms with Gasteiger partial charge in [-0.25, -0.2) is 0 Å². The van der Waals surface area contributed by atoms with Crippen LogP contribution in [0.15, 0.2) is 30.5 Å². The summed E-state index contributed by atoms with van der Waals surface area (Å²) in [5.41, 5.74) is 2.36. The van der Waals surface area contributed by atoms with Gasteiger partial charge in [0.15, 0.2) is 0 Å². The second kappa shape index (κ2) is 6.25. The SMILES string of the molecule is CN1CCCC1C1CCCN1C(=O)Cc1cn(C)c2ccccc12. The quantitative estimate of drug-likeness (QED) is 0.868. The van der Waals surface area contributed by atoms with Crippen molar-refractivity contribution in [2.75, 3.05) is 20.1 Å². The summed E-state index contributed by atoms with van der Waals surface area (Å²) < 4.78 is 2.13. The molecule has 4 heteroatoms. The van der Waals surface area contributed by atoms with Crippen LogP contribution in [0.5, 0.6) is 0 Å². The minimum absolute atomic E-state index is 0.300. The van der Waals surface area contributed by atoms with E-state index in [1.54, 1.807) is 0 Å². The predicted molar refractivity (Wildman–Crippen MR) is 97.0 cm³/mol. The molecule has 2 fully saturated rings. The molecule has 0 N–H and O–H groups in total. The van der Waals surface area contributed by atoms with Crippen molar-refractivity contribution in [2.24, 2.45) is 7.05 Å². The van der Waals surface area contributed by atoms with Crippen LogP contribution in [-0.4, -0.2) is 52.5 Å². The summed E-state index contributed by atoms with van der Waals surface area (Å²) in [4.78, 5) is 17.7. The lowest BCUT2D eigenvalue weighted by Gasteiger charge is -2.33. The largest absolute Gasteiger partial charge is 0.350 e. The first-order chi connectivity index (χ1) is 11.6. The van der Waals surface area contributed by atoms with Gasteiger partial charge in [0.05, 0.1) is 6.42 Å². The molecule has 128 valence electrons. The molecular formula is C20H27N3O. The lowest BCUT2D eigenvalue weighted by molar-refractivity contribution is -0.132. The summed E-state index contributed by atoms with van der Waals surface area (Å²) in [5, 5.41) is 1.21. The van der Waals surface area contributed by atoms with E-state index in [2.05, 4.69) is 58.9 Å². The van der Waals surface area contributed by atoms with Gasteiger partial charge in [-0.1, -0.05) is 18.2 Å². The van der Waals surface area contributed by atoms with Crippen molar-refractivity contribution in [3.63, 3.8) is 0 Å². The van der Waals surface area contributed by atoms with Crippen molar-refractivity contribution >= 4 is 16.8 Å². The van der Waals surface area contributed by atoms with Crippen LogP contribution in [0.25, 0.3) is 10.9 Å². The molecule has 24 heavy (non-hydrogen) atoms. The average Bonchev–Trinajstić information content (AvgIpc) is 3.28. The van der Waals surface area contributed by atoms with Gasteiger partial charge in [-0.2, -0.15) is 0 Å². The second-order valence-electron chi connectivity index (χ2n) is 7.45. The van der Waals surface area contributed by atoms with Crippen LogP contribution < -0.4 is 0 Å². The molecule has 1 aromatic heterocycles. The first-order valence-corrected chi connectivity index (χ1v) is 9.18. The van der Waals surface area contributed by atoms with Gasteiger partial charge >= 0.3 is 0 Å². The molecule has 4 nitrogen and oxygen atoms in total. The fraction of sp³-hybridized carbons (Fsp3) is 0.550. The highest BCUT2D eigenvalue weighted by Crippen LogP contribution is 2.30. The van der Waals surface area contributed by atoms with Gasteiger partial charge in [-0.05, 0) is 50.9 Å². The number of aromatic nitrogens is 1. The summed E-state index contributed by atoms with van der Waals surface area (Å²) in [5.74, 6) is 0.300. The molecule has 4 rings (SSSR count). The van der Waals surface area contributed by atoms with E-state index in [1.807, 2.05) is 0 Å². The number of nitrogens with zero attached hydrogens (tertiary/aromatic N) is 3. The number of hydrogen-bond donors (Lipinski definition) is 0. The fourth-order valence-corrected chi connectivity index (χ4v) is 4.76. The first kappa shape index (κ1) is 15.7. The van der Waals surface area contributed by atoms with Crippen molar-refractivity contribution in [1.82, 2.24) is 14.4 Å². The molecular weight excluding hydrogens is 298 g/mol. The number of para-hydroxylation sites is 1. The maximum absolute atomic E-state index is 13.0. The van der Waals surface area contributed by atoms with E-state index < -0.39 is 0 Å². The maximum Gasteiger partial charge on any atom is 0.227 e. The summed E-state index contributed by atoms with van der Waals surface area (Å²) in [6.45, 7) is 2.10. The van der Waals surface area contributed by atoms with E-state index in [0.29, 0.717) is 24.4 Å². The van der Waals surface area contributed by atoms with Crippen LogP contribution in [0, 0.1) is 0 Å². The number of aryl methyl sites for hydroxylation is 1. The Bertz CT molecular complexity index is 750. The molecule has 0 aliphatic carbocycles. The van der Waals surface area contributed by atoms with Crippen molar-refractivity contribution in [3.05, 3.63) is 36.0 Å². The van der Waals surface area contributed by atoms with Gasteiger partial charge in [-0.15, -0.1) is 0 Å². The van der Waals surface area contributed by atoms with Gasteiger partial charge in [0.1, 0.15) is 0 Å². The van der Waals surface area contributed by atoms with E-state index in [0.717, 1.165) is 24.9 Å². The lowest BCUT2D eigenvalue weighted by atomic mass is 10.0. The highest BCUT2D eigenvalue weighted by molar-refractivity contribution is 5.89. The molecule has 2 atom stereocenters. The van der Waals surface area contributed by atoms with Crippen molar-refractivity contribution < 1.29 is 4.79 Å². The lowest BCUT2D eigenvalue weighted by Crippen LogP contribution is -2.47. The Balaban J connectivity index is 1.54. The highest BCUT2D eigenvalue weighted by atomic mass is 16.2. The number of fused-ring (bicyclic) bond motifs is 1. The summed E-state index contributed by atoms with van der Waals surface area (Å²) in [7, 11) is 4.27. The van der Waals surface area contributed by atoms with Crippen molar-refractivity contribution in [3.8, 4) is 0 Å². The van der Waals surface area contributed by atoms with Gasteiger partial charge in [0.2, 0.25) is 5.91 Å². The van der Waals surface area contributed by atoms with Gasteiger partial charge in [-0.3, -0.25) is 4.79 Å². The Morgan fingerprint density at radius 3 is 2.62 bits per heavy atom. The zero-order chi connectivity index (χ0) is 16.7. The molecule has 2 saturated heterocycles. The number of carbonyl (C=O) groups is 1. The zero-order valence-corrected chi connectivity index (χ0v) is 14.7. The predicted octanol–water partition coefficient (Wildman–Crippen LogP) is 2.81. The van der Waals surface area contributed by atoms with Crippen LogP contribution in [0.4, 0.5) is 0 Å². The van der Waals surface area contributed by atoms with Crippen LogP contribution in [0.2, 0.25) is 0 Å². The van der Waals surface area contributed by atoms with Crippen LogP contribution >= 0.6 is 0 Å². The van der Waals surface area contributed by atoms with Crippen LogP contribution in [0.3, 0.4) is 0 Å². The molecule has 2 aromatic rings. The molecule has 0 saturated carbocycles. The standard InChI is InChI=1S/C20H27N3O/c1-21-11-5-9-18(21)19-10-6-12-23(19)20(24)13-15-14-22(2)17-8-4-3-7-16(15)17/h3-4,7-8,14,18-19H,5-6,9-13H2,1-2H3. The number of rotatable bonds is 3. The first-order valence-electron chi connectivity index (χ1n) is 9.18. The molecule has 2 unspecified atom stereocenters. The minimum Gasteiger partial charge on any atom is -0.350 e. The second-order valence-corrected chi connectivity index (χ2v) is 7.45. The molecule has 0 bridgehead atoms. The maximum atomic E-state index is 13.0. The van der Waals surface area contributed by atoms with Crippen LogP contribution in [-0.2, 0) is 18.3 Å². The van der Waals surface area contributed by atoms with Gasteiger partial charge in [0.25, 0.3) is 0 Å². The van der Waals surface area contributed by atoms with Crippen molar-refractivity contribution in [2.45, 2.75) is 44.2 Å². The Hall–Kier alpha value is -1.81.